The molecule has 23 heavy (non-hydrogen) atoms. The number of fused-ring (bicyclic) bond motifs is 1. The summed E-state index contributed by atoms with van der Waals surface area (Å²) in [6, 6.07) is 14.6. The van der Waals surface area contributed by atoms with E-state index < -0.39 is 6.09 Å². The van der Waals surface area contributed by atoms with Crippen LogP contribution in [-0.2, 0) is 11.3 Å². The van der Waals surface area contributed by atoms with Gasteiger partial charge in [0.1, 0.15) is 5.75 Å². The molecule has 0 aliphatic carbocycles. The highest BCUT2D eigenvalue weighted by Crippen LogP contribution is 2.36. The minimum atomic E-state index is -0.541. The number of aromatic nitrogens is 1. The van der Waals surface area contributed by atoms with Crippen LogP contribution in [0.5, 0.6) is 5.75 Å². The first-order chi connectivity index (χ1) is 11.2. The Hall–Kier alpha value is -3.08. The zero-order valence-corrected chi connectivity index (χ0v) is 12.6. The number of phenolic OH excluding ortho intramolecular Hbond substituents is 1. The highest BCUT2D eigenvalue weighted by atomic mass is 16.5. The fourth-order valence-corrected chi connectivity index (χ4v) is 2.55. The maximum atomic E-state index is 12.3. The molecule has 5 heteroatoms. The number of carbonyl (C=O) groups excluding carboxylic acids is 1. The van der Waals surface area contributed by atoms with E-state index in [1.54, 1.807) is 24.5 Å². The summed E-state index contributed by atoms with van der Waals surface area (Å²) in [5, 5.41) is 12.0. The second-order valence-corrected chi connectivity index (χ2v) is 5.07. The molecule has 1 heterocycles. The maximum absolute atomic E-state index is 12.3. The quantitative estimate of drug-likeness (QED) is 0.801. The third kappa shape index (κ3) is 2.94. The molecule has 3 rings (SSSR count). The van der Waals surface area contributed by atoms with Crippen LogP contribution in [0.2, 0.25) is 0 Å². The van der Waals surface area contributed by atoms with Crippen molar-refractivity contribution in [2.75, 3.05) is 12.0 Å². The normalized spacial score (nSPS) is 10.5. The Balaban J connectivity index is 2.14. The highest BCUT2D eigenvalue weighted by Gasteiger charge is 2.22. The monoisotopic (exact) mass is 308 g/mol. The van der Waals surface area contributed by atoms with E-state index in [1.165, 1.54) is 12.0 Å². The average Bonchev–Trinajstić information content (AvgIpc) is 2.60. The van der Waals surface area contributed by atoms with Gasteiger partial charge in [0.05, 0.1) is 19.3 Å². The summed E-state index contributed by atoms with van der Waals surface area (Å²) < 4.78 is 4.90. The SMILES string of the molecule is COC(=O)N(Cc1cccnc1)c1c(O)ccc2ccccc12. The predicted octanol–water partition coefficient (Wildman–Crippen LogP) is 3.71. The van der Waals surface area contributed by atoms with Gasteiger partial charge in [-0.15, -0.1) is 0 Å². The Morgan fingerprint density at radius 1 is 1.17 bits per heavy atom. The standard InChI is InChI=1S/C18H16N2O3/c1-23-18(22)20(12-13-5-4-10-19-11-13)17-15-7-3-2-6-14(15)8-9-16(17)21/h2-11,21H,12H2,1H3. The largest absolute Gasteiger partial charge is 0.506 e. The first-order valence-corrected chi connectivity index (χ1v) is 7.16. The average molecular weight is 308 g/mol. The Kier molecular flexibility index (Phi) is 4.10. The number of rotatable bonds is 3. The molecular formula is C18H16N2O3. The number of anilines is 1. The van der Waals surface area contributed by atoms with Gasteiger partial charge in [-0.05, 0) is 23.1 Å². The van der Waals surface area contributed by atoms with Crippen LogP contribution >= 0.6 is 0 Å². The molecule has 0 saturated heterocycles. The third-order valence-electron chi connectivity index (χ3n) is 3.61. The number of phenols is 1. The molecule has 0 aliphatic rings. The molecule has 1 N–H and O–H groups in total. The van der Waals surface area contributed by atoms with Gasteiger partial charge < -0.3 is 9.84 Å². The van der Waals surface area contributed by atoms with E-state index >= 15 is 0 Å². The molecule has 2 aromatic carbocycles. The number of amides is 1. The number of nitrogens with zero attached hydrogens (tertiary/aromatic N) is 2. The van der Waals surface area contributed by atoms with Gasteiger partial charge in [0.25, 0.3) is 0 Å². The minimum Gasteiger partial charge on any atom is -0.506 e. The lowest BCUT2D eigenvalue weighted by Gasteiger charge is -2.23. The van der Waals surface area contributed by atoms with Gasteiger partial charge in [-0.1, -0.05) is 36.4 Å². The number of hydrogen-bond acceptors (Lipinski definition) is 4. The van der Waals surface area contributed by atoms with Crippen molar-refractivity contribution >= 4 is 22.6 Å². The third-order valence-corrected chi connectivity index (χ3v) is 3.61. The first-order valence-electron chi connectivity index (χ1n) is 7.16. The van der Waals surface area contributed by atoms with Crippen LogP contribution in [0.25, 0.3) is 10.8 Å². The van der Waals surface area contributed by atoms with Crippen molar-refractivity contribution in [2.45, 2.75) is 6.54 Å². The molecule has 0 atom stereocenters. The summed E-state index contributed by atoms with van der Waals surface area (Å²) in [6.45, 7) is 0.252. The predicted molar refractivity (Wildman–Crippen MR) is 88.4 cm³/mol. The van der Waals surface area contributed by atoms with Crippen LogP contribution in [0.3, 0.4) is 0 Å². The van der Waals surface area contributed by atoms with Crippen LogP contribution in [-0.4, -0.2) is 23.3 Å². The molecule has 0 spiro atoms. The number of ether oxygens (including phenoxy) is 1. The van der Waals surface area contributed by atoms with E-state index in [-0.39, 0.29) is 12.3 Å². The van der Waals surface area contributed by atoms with E-state index in [0.717, 1.165) is 16.3 Å². The Labute approximate surface area is 133 Å². The fourth-order valence-electron chi connectivity index (χ4n) is 2.55. The van der Waals surface area contributed by atoms with Crippen molar-refractivity contribution in [1.82, 2.24) is 4.98 Å². The molecule has 3 aromatic rings. The van der Waals surface area contributed by atoms with E-state index in [1.807, 2.05) is 36.4 Å². The Morgan fingerprint density at radius 3 is 2.74 bits per heavy atom. The lowest BCUT2D eigenvalue weighted by molar-refractivity contribution is 0.178. The second-order valence-electron chi connectivity index (χ2n) is 5.07. The topological polar surface area (TPSA) is 62.7 Å². The molecule has 0 bridgehead atoms. The number of aromatic hydroxyl groups is 1. The van der Waals surface area contributed by atoms with Crippen LogP contribution in [0.4, 0.5) is 10.5 Å². The van der Waals surface area contributed by atoms with Gasteiger partial charge in [0, 0.05) is 17.8 Å². The summed E-state index contributed by atoms with van der Waals surface area (Å²) in [6.07, 6.45) is 2.81. The van der Waals surface area contributed by atoms with Crippen molar-refractivity contribution in [3.63, 3.8) is 0 Å². The van der Waals surface area contributed by atoms with Gasteiger partial charge in [-0.3, -0.25) is 9.88 Å². The zero-order chi connectivity index (χ0) is 16.2. The lowest BCUT2D eigenvalue weighted by atomic mass is 10.1. The summed E-state index contributed by atoms with van der Waals surface area (Å²) in [5.74, 6) is 0.0259. The first kappa shape index (κ1) is 14.8. The van der Waals surface area contributed by atoms with Gasteiger partial charge >= 0.3 is 6.09 Å². The fraction of sp³-hybridized carbons (Fsp3) is 0.111. The van der Waals surface area contributed by atoms with E-state index in [2.05, 4.69) is 4.98 Å². The van der Waals surface area contributed by atoms with Crippen molar-refractivity contribution in [3.8, 4) is 5.75 Å². The maximum Gasteiger partial charge on any atom is 0.414 e. The van der Waals surface area contributed by atoms with E-state index in [0.29, 0.717) is 5.69 Å². The molecule has 116 valence electrons. The number of pyridine rings is 1. The number of carbonyl (C=O) groups is 1. The number of benzene rings is 2. The van der Waals surface area contributed by atoms with Crippen LogP contribution in [0.1, 0.15) is 5.56 Å². The lowest BCUT2D eigenvalue weighted by Crippen LogP contribution is -2.30. The van der Waals surface area contributed by atoms with Crippen molar-refractivity contribution in [1.29, 1.82) is 0 Å². The zero-order valence-electron chi connectivity index (χ0n) is 12.6. The number of hydrogen-bond donors (Lipinski definition) is 1. The number of methoxy groups -OCH3 is 1. The molecule has 0 radical (unpaired) electrons. The summed E-state index contributed by atoms with van der Waals surface area (Å²) >= 11 is 0. The van der Waals surface area contributed by atoms with E-state index in [9.17, 15) is 9.90 Å². The summed E-state index contributed by atoms with van der Waals surface area (Å²) in [4.78, 5) is 17.8. The second kappa shape index (κ2) is 6.36. The minimum absolute atomic E-state index is 0.0259. The summed E-state index contributed by atoms with van der Waals surface area (Å²) in [5.41, 5.74) is 1.27. The molecule has 0 saturated carbocycles. The van der Waals surface area contributed by atoms with Crippen molar-refractivity contribution in [3.05, 3.63) is 66.5 Å². The molecule has 0 unspecified atom stereocenters. The molecule has 1 aromatic heterocycles. The van der Waals surface area contributed by atoms with Gasteiger partial charge in [-0.25, -0.2) is 4.79 Å². The Morgan fingerprint density at radius 2 is 2.00 bits per heavy atom. The van der Waals surface area contributed by atoms with Crippen LogP contribution < -0.4 is 4.90 Å². The molecule has 0 fully saturated rings. The molecule has 5 nitrogen and oxygen atoms in total. The van der Waals surface area contributed by atoms with E-state index in [4.69, 9.17) is 4.74 Å². The Bertz CT molecular complexity index is 834. The molecule has 1 amide bonds. The smallest absolute Gasteiger partial charge is 0.414 e. The molecular weight excluding hydrogens is 292 g/mol. The van der Waals surface area contributed by atoms with Crippen LogP contribution in [0, 0.1) is 0 Å². The molecule has 0 aliphatic heterocycles. The van der Waals surface area contributed by atoms with Gasteiger partial charge in [0.2, 0.25) is 0 Å². The van der Waals surface area contributed by atoms with Crippen LogP contribution in [0.15, 0.2) is 60.9 Å². The van der Waals surface area contributed by atoms with Crippen molar-refractivity contribution < 1.29 is 14.6 Å². The van der Waals surface area contributed by atoms with Crippen molar-refractivity contribution in [2.24, 2.45) is 0 Å². The highest BCUT2D eigenvalue weighted by molar-refractivity contribution is 6.04. The summed E-state index contributed by atoms with van der Waals surface area (Å²) in [7, 11) is 1.32. The van der Waals surface area contributed by atoms with Gasteiger partial charge in [0.15, 0.2) is 0 Å². The van der Waals surface area contributed by atoms with Gasteiger partial charge in [-0.2, -0.15) is 0 Å².